The van der Waals surface area contributed by atoms with Gasteiger partial charge in [0.2, 0.25) is 0 Å². The number of carbonyl (C=O) groups excluding carboxylic acids is 1. The van der Waals surface area contributed by atoms with E-state index in [-0.39, 0.29) is 17.8 Å². The summed E-state index contributed by atoms with van der Waals surface area (Å²) < 4.78 is 16.6. The summed E-state index contributed by atoms with van der Waals surface area (Å²) in [5.74, 6) is 1.79. The Balaban J connectivity index is 1.55. The van der Waals surface area contributed by atoms with Crippen molar-refractivity contribution in [3.05, 3.63) is 54.1 Å². The number of hydrogen-bond donors (Lipinski definition) is 1. The van der Waals surface area contributed by atoms with Gasteiger partial charge >= 0.3 is 6.01 Å². The summed E-state index contributed by atoms with van der Waals surface area (Å²) in [7, 11) is 1.57. The third-order valence-electron chi connectivity index (χ3n) is 3.99. The Hall–Kier alpha value is -3.26. The van der Waals surface area contributed by atoms with Crippen molar-refractivity contribution in [3.8, 4) is 17.4 Å². The van der Waals surface area contributed by atoms with Crippen molar-refractivity contribution in [2.24, 2.45) is 0 Å². The second kappa shape index (κ2) is 7.77. The van der Waals surface area contributed by atoms with Crippen molar-refractivity contribution in [1.29, 1.82) is 0 Å². The first-order valence-corrected chi connectivity index (χ1v) is 9.61. The number of nitrogens with one attached hydrogen (secondary N) is 1. The van der Waals surface area contributed by atoms with E-state index in [4.69, 9.17) is 13.6 Å². The van der Waals surface area contributed by atoms with E-state index in [0.29, 0.717) is 22.7 Å². The van der Waals surface area contributed by atoms with Gasteiger partial charge in [0.1, 0.15) is 0 Å². The standard InChI is InChI=1S/C20H17N3O4S/c1-3-28-14-8-4-7-13(10-14)18(24)21-20-23-22-19(27-20)16-11-12-6-5-9-15(25-2)17(12)26-16/h4-11H,3H2,1-2H3,(H,21,23,24). The molecule has 0 spiro atoms. The van der Waals surface area contributed by atoms with Crippen LogP contribution in [-0.2, 0) is 0 Å². The molecule has 2 heterocycles. The molecule has 0 saturated carbocycles. The summed E-state index contributed by atoms with van der Waals surface area (Å²) in [4.78, 5) is 13.5. The third-order valence-corrected chi connectivity index (χ3v) is 4.87. The molecule has 8 heteroatoms. The van der Waals surface area contributed by atoms with E-state index in [1.807, 2.05) is 30.3 Å². The number of aromatic nitrogens is 2. The zero-order valence-corrected chi connectivity index (χ0v) is 16.1. The highest BCUT2D eigenvalue weighted by atomic mass is 32.2. The lowest BCUT2D eigenvalue weighted by molar-refractivity contribution is 0.102. The number of ether oxygens (including phenoxy) is 1. The van der Waals surface area contributed by atoms with Gasteiger partial charge in [-0.1, -0.05) is 30.2 Å². The quantitative estimate of drug-likeness (QED) is 0.466. The van der Waals surface area contributed by atoms with Gasteiger partial charge in [0, 0.05) is 15.8 Å². The number of benzene rings is 2. The van der Waals surface area contributed by atoms with Gasteiger partial charge in [-0.05, 0) is 36.1 Å². The van der Waals surface area contributed by atoms with Gasteiger partial charge in [-0.15, -0.1) is 16.9 Å². The fourth-order valence-corrected chi connectivity index (χ4v) is 3.46. The normalized spacial score (nSPS) is 10.9. The molecule has 1 N–H and O–H groups in total. The number of furan rings is 1. The Morgan fingerprint density at radius 2 is 2.00 bits per heavy atom. The van der Waals surface area contributed by atoms with E-state index in [0.717, 1.165) is 16.0 Å². The Morgan fingerprint density at radius 3 is 2.82 bits per heavy atom. The SMILES string of the molecule is CCSc1cccc(C(=O)Nc2nnc(-c3cc4cccc(OC)c4o3)o2)c1. The molecule has 0 bridgehead atoms. The van der Waals surface area contributed by atoms with E-state index in [9.17, 15) is 4.79 Å². The molecule has 0 radical (unpaired) electrons. The van der Waals surface area contributed by atoms with Crippen LogP contribution in [0.25, 0.3) is 22.6 Å². The van der Waals surface area contributed by atoms with Crippen LogP contribution in [-0.4, -0.2) is 29.0 Å². The van der Waals surface area contributed by atoms with Crippen LogP contribution in [0, 0.1) is 0 Å². The van der Waals surface area contributed by atoms with E-state index in [1.54, 1.807) is 37.1 Å². The lowest BCUT2D eigenvalue weighted by atomic mass is 10.2. The highest BCUT2D eigenvalue weighted by Gasteiger charge is 2.17. The average Bonchev–Trinajstić information content (AvgIpc) is 3.35. The minimum atomic E-state index is -0.319. The number of anilines is 1. The minimum absolute atomic E-state index is 0.000897. The van der Waals surface area contributed by atoms with Gasteiger partial charge in [0.25, 0.3) is 11.8 Å². The highest BCUT2D eigenvalue weighted by Crippen LogP contribution is 2.33. The summed E-state index contributed by atoms with van der Waals surface area (Å²) in [5.41, 5.74) is 1.11. The topological polar surface area (TPSA) is 90.4 Å². The van der Waals surface area contributed by atoms with Gasteiger partial charge in [-0.2, -0.15) is 0 Å². The van der Waals surface area contributed by atoms with Gasteiger partial charge in [-0.3, -0.25) is 10.1 Å². The number of carbonyl (C=O) groups is 1. The molecule has 7 nitrogen and oxygen atoms in total. The number of hydrogen-bond acceptors (Lipinski definition) is 7. The van der Waals surface area contributed by atoms with Crippen molar-refractivity contribution < 1.29 is 18.4 Å². The predicted octanol–water partition coefficient (Wildman–Crippen LogP) is 4.86. The molecule has 0 unspecified atom stereocenters. The molecule has 0 saturated heterocycles. The monoisotopic (exact) mass is 395 g/mol. The van der Waals surface area contributed by atoms with E-state index in [2.05, 4.69) is 22.4 Å². The van der Waals surface area contributed by atoms with Crippen LogP contribution in [0.4, 0.5) is 6.01 Å². The number of amides is 1. The second-order valence-corrected chi connectivity index (χ2v) is 7.15. The van der Waals surface area contributed by atoms with Crippen LogP contribution < -0.4 is 10.1 Å². The molecule has 0 atom stereocenters. The lowest BCUT2D eigenvalue weighted by Gasteiger charge is -2.03. The number of para-hydroxylation sites is 1. The number of rotatable bonds is 6. The minimum Gasteiger partial charge on any atom is -0.493 e. The van der Waals surface area contributed by atoms with Crippen molar-refractivity contribution >= 4 is 34.7 Å². The molecular weight excluding hydrogens is 378 g/mol. The molecule has 142 valence electrons. The summed E-state index contributed by atoms with van der Waals surface area (Å²) in [6.07, 6.45) is 0. The van der Waals surface area contributed by atoms with Crippen molar-refractivity contribution in [1.82, 2.24) is 10.2 Å². The van der Waals surface area contributed by atoms with Gasteiger partial charge < -0.3 is 13.6 Å². The number of thioether (sulfide) groups is 1. The number of methoxy groups -OCH3 is 1. The Kier molecular flexibility index (Phi) is 5.03. The zero-order valence-electron chi connectivity index (χ0n) is 15.3. The van der Waals surface area contributed by atoms with Crippen molar-refractivity contribution in [2.45, 2.75) is 11.8 Å². The molecule has 28 heavy (non-hydrogen) atoms. The molecule has 0 aliphatic carbocycles. The van der Waals surface area contributed by atoms with Crippen LogP contribution in [0.3, 0.4) is 0 Å². The molecule has 2 aromatic heterocycles. The molecule has 4 rings (SSSR count). The summed E-state index contributed by atoms with van der Waals surface area (Å²) in [6.45, 7) is 2.06. The number of fused-ring (bicyclic) bond motifs is 1. The summed E-state index contributed by atoms with van der Waals surface area (Å²) >= 11 is 1.67. The average molecular weight is 395 g/mol. The summed E-state index contributed by atoms with van der Waals surface area (Å²) in [6, 6.07) is 14.7. The first-order chi connectivity index (χ1) is 13.7. The maximum atomic E-state index is 12.5. The summed E-state index contributed by atoms with van der Waals surface area (Å²) in [5, 5.41) is 11.3. The Labute approximate surface area is 165 Å². The largest absolute Gasteiger partial charge is 0.493 e. The first kappa shape index (κ1) is 18.1. The maximum absolute atomic E-state index is 12.5. The fraction of sp³-hybridized carbons (Fsp3) is 0.150. The fourth-order valence-electron chi connectivity index (χ4n) is 2.74. The second-order valence-electron chi connectivity index (χ2n) is 5.82. The molecule has 0 fully saturated rings. The molecule has 0 aliphatic rings. The van der Waals surface area contributed by atoms with Crippen LogP contribution in [0.5, 0.6) is 5.75 Å². The number of nitrogens with zero attached hydrogens (tertiary/aromatic N) is 2. The van der Waals surface area contributed by atoms with Crippen LogP contribution in [0.15, 0.2) is 62.3 Å². The molecular formula is C20H17N3O4S. The molecule has 1 amide bonds. The maximum Gasteiger partial charge on any atom is 0.322 e. The lowest BCUT2D eigenvalue weighted by Crippen LogP contribution is -2.12. The molecule has 2 aromatic carbocycles. The predicted molar refractivity (Wildman–Crippen MR) is 107 cm³/mol. The first-order valence-electron chi connectivity index (χ1n) is 8.62. The molecule has 4 aromatic rings. The van der Waals surface area contributed by atoms with E-state index < -0.39 is 0 Å². The van der Waals surface area contributed by atoms with Gasteiger partial charge in [0.05, 0.1) is 7.11 Å². The van der Waals surface area contributed by atoms with Crippen LogP contribution >= 0.6 is 11.8 Å². The molecule has 0 aliphatic heterocycles. The zero-order chi connectivity index (χ0) is 19.5. The third kappa shape index (κ3) is 3.59. The Bertz CT molecular complexity index is 1140. The van der Waals surface area contributed by atoms with Crippen molar-refractivity contribution in [2.75, 3.05) is 18.2 Å². The van der Waals surface area contributed by atoms with Gasteiger partial charge in [-0.25, -0.2) is 0 Å². The van der Waals surface area contributed by atoms with Crippen LogP contribution in [0.1, 0.15) is 17.3 Å². The smallest absolute Gasteiger partial charge is 0.322 e. The van der Waals surface area contributed by atoms with Crippen LogP contribution in [0.2, 0.25) is 0 Å². The van der Waals surface area contributed by atoms with E-state index >= 15 is 0 Å². The van der Waals surface area contributed by atoms with Crippen molar-refractivity contribution in [3.63, 3.8) is 0 Å². The Morgan fingerprint density at radius 1 is 1.14 bits per heavy atom. The van der Waals surface area contributed by atoms with E-state index in [1.165, 1.54) is 0 Å². The highest BCUT2D eigenvalue weighted by molar-refractivity contribution is 7.99. The van der Waals surface area contributed by atoms with Gasteiger partial charge in [0.15, 0.2) is 17.1 Å².